The Kier molecular flexibility index (Phi) is 6.16. The van der Waals surface area contributed by atoms with E-state index in [4.69, 9.17) is 0 Å². The molecule has 2 heterocycles. The van der Waals surface area contributed by atoms with Crippen LogP contribution in [0.5, 0.6) is 0 Å². The topological polar surface area (TPSA) is 190 Å². The summed E-state index contributed by atoms with van der Waals surface area (Å²) < 4.78 is 0. The molecule has 2 aliphatic rings. The maximum atomic E-state index is 13.3. The Morgan fingerprint density at radius 1 is 0.667 bits per heavy atom. The third kappa shape index (κ3) is 3.72. The standard InChI is InChI=1S/C24H20N2O10/c27-7-5-24(6-8-28,26-20(31)15-4-2-13(23(35)36)10-17(15)21(26)32)11-25-18(29)14-3-1-12(22(33)34)9-16(14)19(25)30/h1-4,9-10,27-28H,5-8,11H2,(H,33,34)(H,35,36). The minimum Gasteiger partial charge on any atom is -0.478 e. The van der Waals surface area contributed by atoms with Crippen molar-refractivity contribution in [3.8, 4) is 0 Å². The monoisotopic (exact) mass is 496 g/mol. The Morgan fingerprint density at radius 2 is 1.08 bits per heavy atom. The van der Waals surface area contributed by atoms with Gasteiger partial charge in [-0.3, -0.25) is 29.0 Å². The first-order chi connectivity index (χ1) is 17.1. The van der Waals surface area contributed by atoms with Crippen molar-refractivity contribution < 1.29 is 49.2 Å². The van der Waals surface area contributed by atoms with Gasteiger partial charge < -0.3 is 20.4 Å². The van der Waals surface area contributed by atoms with Gasteiger partial charge in [0, 0.05) is 13.2 Å². The first-order valence-corrected chi connectivity index (χ1v) is 10.8. The van der Waals surface area contributed by atoms with Gasteiger partial charge in [-0.1, -0.05) is 0 Å². The fraction of sp³-hybridized carbons (Fsp3) is 0.250. The summed E-state index contributed by atoms with van der Waals surface area (Å²) in [7, 11) is 0. The molecule has 0 fully saturated rings. The van der Waals surface area contributed by atoms with E-state index < -0.39 is 60.9 Å². The second kappa shape index (κ2) is 8.98. The van der Waals surface area contributed by atoms with Crippen LogP contribution in [0.3, 0.4) is 0 Å². The number of aliphatic hydroxyl groups is 2. The molecule has 0 aliphatic carbocycles. The molecule has 4 amide bonds. The first kappa shape index (κ1) is 24.7. The molecule has 0 saturated heterocycles. The minimum absolute atomic E-state index is 0.0691. The Labute approximate surface area is 203 Å². The zero-order chi connectivity index (χ0) is 26.4. The van der Waals surface area contributed by atoms with E-state index in [0.29, 0.717) is 0 Å². The van der Waals surface area contributed by atoms with Crippen LogP contribution in [0.15, 0.2) is 36.4 Å². The molecule has 0 radical (unpaired) electrons. The minimum atomic E-state index is -1.73. The van der Waals surface area contributed by atoms with E-state index in [2.05, 4.69) is 0 Å². The molecule has 0 unspecified atom stereocenters. The zero-order valence-electron chi connectivity index (χ0n) is 18.6. The van der Waals surface area contributed by atoms with Crippen LogP contribution in [0.2, 0.25) is 0 Å². The predicted molar refractivity (Wildman–Crippen MR) is 119 cm³/mol. The molecule has 0 bridgehead atoms. The van der Waals surface area contributed by atoms with Gasteiger partial charge in [0.05, 0.1) is 45.5 Å². The number of carboxylic acid groups (broad SMARTS) is 2. The molecule has 4 N–H and O–H groups in total. The van der Waals surface area contributed by atoms with E-state index >= 15 is 0 Å². The van der Waals surface area contributed by atoms with E-state index in [-0.39, 0.29) is 46.2 Å². The summed E-state index contributed by atoms with van der Waals surface area (Å²) in [5.41, 5.74) is -2.73. The van der Waals surface area contributed by atoms with E-state index in [9.17, 15) is 49.2 Å². The van der Waals surface area contributed by atoms with Crippen LogP contribution >= 0.6 is 0 Å². The molecular weight excluding hydrogens is 476 g/mol. The van der Waals surface area contributed by atoms with Crippen molar-refractivity contribution >= 4 is 35.6 Å². The number of imide groups is 2. The fourth-order valence-electron chi connectivity index (χ4n) is 4.66. The molecule has 12 nitrogen and oxygen atoms in total. The normalized spacial score (nSPS) is 14.9. The van der Waals surface area contributed by atoms with Gasteiger partial charge in [-0.05, 0) is 49.2 Å². The van der Waals surface area contributed by atoms with Gasteiger partial charge in [0.2, 0.25) is 0 Å². The lowest BCUT2D eigenvalue weighted by atomic mass is 9.88. The number of hydrogen-bond acceptors (Lipinski definition) is 8. The molecule has 2 aliphatic heterocycles. The summed E-state index contributed by atoms with van der Waals surface area (Å²) in [6.07, 6.45) is -0.614. The third-order valence-corrected chi connectivity index (χ3v) is 6.43. The molecule has 0 atom stereocenters. The second-order valence-electron chi connectivity index (χ2n) is 8.44. The lowest BCUT2D eigenvalue weighted by Gasteiger charge is -2.42. The Bertz CT molecular complexity index is 1340. The highest BCUT2D eigenvalue weighted by molar-refractivity contribution is 6.23. The number of hydrogen-bond donors (Lipinski definition) is 4. The van der Waals surface area contributed by atoms with Crippen LogP contribution < -0.4 is 0 Å². The highest BCUT2D eigenvalue weighted by atomic mass is 16.4. The number of aromatic carboxylic acids is 2. The van der Waals surface area contributed by atoms with Crippen LogP contribution in [0.1, 0.15) is 75.0 Å². The molecule has 0 saturated carbocycles. The third-order valence-electron chi connectivity index (χ3n) is 6.43. The number of carbonyl (C=O) groups is 6. The van der Waals surface area contributed by atoms with Crippen molar-refractivity contribution in [3.05, 3.63) is 69.8 Å². The van der Waals surface area contributed by atoms with E-state index in [1.807, 2.05) is 0 Å². The van der Waals surface area contributed by atoms with Crippen LogP contribution in [-0.2, 0) is 0 Å². The predicted octanol–water partition coefficient (Wildman–Crippen LogP) is 0.479. The fourth-order valence-corrected chi connectivity index (χ4v) is 4.66. The van der Waals surface area contributed by atoms with Crippen molar-refractivity contribution in [3.63, 3.8) is 0 Å². The van der Waals surface area contributed by atoms with Crippen molar-refractivity contribution in [2.24, 2.45) is 0 Å². The number of amides is 4. The number of carboxylic acids is 2. The lowest BCUT2D eigenvalue weighted by Crippen LogP contribution is -2.59. The number of aliphatic hydroxyl groups excluding tert-OH is 2. The smallest absolute Gasteiger partial charge is 0.335 e. The molecular formula is C24H20N2O10. The molecule has 186 valence electrons. The first-order valence-electron chi connectivity index (χ1n) is 10.8. The number of fused-ring (bicyclic) bond motifs is 2. The number of rotatable bonds is 9. The molecule has 2 aromatic rings. The van der Waals surface area contributed by atoms with Crippen molar-refractivity contribution in [1.82, 2.24) is 9.80 Å². The summed E-state index contributed by atoms with van der Waals surface area (Å²) in [5.74, 6) is -6.01. The van der Waals surface area contributed by atoms with Crippen molar-refractivity contribution in [2.75, 3.05) is 19.8 Å². The highest BCUT2D eigenvalue weighted by Gasteiger charge is 2.52. The Morgan fingerprint density at radius 3 is 1.56 bits per heavy atom. The molecule has 36 heavy (non-hydrogen) atoms. The van der Waals surface area contributed by atoms with E-state index in [0.717, 1.165) is 34.1 Å². The van der Waals surface area contributed by atoms with Crippen LogP contribution in [-0.4, -0.2) is 91.1 Å². The number of nitrogens with zero attached hydrogens (tertiary/aromatic N) is 2. The average molecular weight is 496 g/mol. The van der Waals surface area contributed by atoms with Crippen LogP contribution in [0.25, 0.3) is 0 Å². The van der Waals surface area contributed by atoms with Gasteiger partial charge >= 0.3 is 11.9 Å². The van der Waals surface area contributed by atoms with Gasteiger partial charge in [-0.25, -0.2) is 9.59 Å². The van der Waals surface area contributed by atoms with E-state index in [1.54, 1.807) is 0 Å². The van der Waals surface area contributed by atoms with E-state index in [1.165, 1.54) is 12.1 Å². The highest BCUT2D eigenvalue weighted by Crippen LogP contribution is 2.37. The molecule has 0 spiro atoms. The summed E-state index contributed by atoms with van der Waals surface area (Å²) >= 11 is 0. The molecule has 2 aromatic carbocycles. The average Bonchev–Trinajstić information content (AvgIpc) is 3.23. The van der Waals surface area contributed by atoms with Gasteiger partial charge in [0.15, 0.2) is 0 Å². The van der Waals surface area contributed by atoms with Crippen molar-refractivity contribution in [2.45, 2.75) is 18.4 Å². The summed E-state index contributed by atoms with van der Waals surface area (Å²) in [6.45, 7) is -1.75. The number of benzene rings is 2. The second-order valence-corrected chi connectivity index (χ2v) is 8.44. The molecule has 4 rings (SSSR count). The quantitative estimate of drug-likeness (QED) is 0.355. The zero-order valence-corrected chi connectivity index (χ0v) is 18.6. The van der Waals surface area contributed by atoms with Gasteiger partial charge in [0.1, 0.15) is 0 Å². The largest absolute Gasteiger partial charge is 0.478 e. The van der Waals surface area contributed by atoms with Crippen LogP contribution in [0.4, 0.5) is 0 Å². The molecule has 12 heteroatoms. The maximum absolute atomic E-state index is 13.3. The SMILES string of the molecule is O=C(O)c1ccc2c(c1)C(=O)N(CC(CCO)(CCO)N1C(=O)c3ccc(C(=O)O)cc3C1=O)C2=O. The summed E-state index contributed by atoms with van der Waals surface area (Å²) in [5, 5.41) is 38.1. The van der Waals surface area contributed by atoms with Crippen molar-refractivity contribution in [1.29, 1.82) is 0 Å². The molecule has 0 aromatic heterocycles. The lowest BCUT2D eigenvalue weighted by molar-refractivity contribution is 0.0151. The van der Waals surface area contributed by atoms with Crippen LogP contribution in [0, 0.1) is 0 Å². The number of carbonyl (C=O) groups excluding carboxylic acids is 4. The van der Waals surface area contributed by atoms with Gasteiger partial charge in [-0.15, -0.1) is 0 Å². The maximum Gasteiger partial charge on any atom is 0.335 e. The van der Waals surface area contributed by atoms with Gasteiger partial charge in [-0.2, -0.15) is 0 Å². The summed E-state index contributed by atoms with van der Waals surface area (Å²) in [4.78, 5) is 77.0. The summed E-state index contributed by atoms with van der Waals surface area (Å²) in [6, 6.07) is 6.77. The Balaban J connectivity index is 1.77. The Hall–Kier alpha value is -4.42. The van der Waals surface area contributed by atoms with Gasteiger partial charge in [0.25, 0.3) is 23.6 Å².